The summed E-state index contributed by atoms with van der Waals surface area (Å²) in [5, 5.41) is 23.3. The number of hydrogen-bond acceptors (Lipinski definition) is 4. The minimum atomic E-state index is -0.526. The van der Waals surface area contributed by atoms with E-state index in [4.69, 9.17) is 0 Å². The van der Waals surface area contributed by atoms with Gasteiger partial charge >= 0.3 is 5.82 Å². The van der Waals surface area contributed by atoms with Crippen LogP contribution in [0.1, 0.15) is 36.2 Å². The summed E-state index contributed by atoms with van der Waals surface area (Å²) in [4.78, 5) is 22.2. The van der Waals surface area contributed by atoms with Crippen molar-refractivity contribution in [3.8, 4) is 0 Å². The number of amides is 1. The molecule has 0 bridgehead atoms. The van der Waals surface area contributed by atoms with Gasteiger partial charge in [0.1, 0.15) is 0 Å². The van der Waals surface area contributed by atoms with Crippen LogP contribution >= 0.6 is 0 Å². The van der Waals surface area contributed by atoms with E-state index in [9.17, 15) is 20.0 Å². The van der Waals surface area contributed by atoms with E-state index in [1.54, 1.807) is 0 Å². The molecule has 1 heterocycles. The van der Waals surface area contributed by atoms with Gasteiger partial charge in [0.25, 0.3) is 5.91 Å². The van der Waals surface area contributed by atoms with Gasteiger partial charge in [-0.25, -0.2) is 4.57 Å². The second kappa shape index (κ2) is 6.04. The SMILES string of the molecule is Cn1c(C(=O)NCC2CCCCC2O)ccc1[N+](=O)[O-]. The molecule has 1 aromatic heterocycles. The topological polar surface area (TPSA) is 97.4 Å². The summed E-state index contributed by atoms with van der Waals surface area (Å²) in [7, 11) is 1.49. The van der Waals surface area contributed by atoms with E-state index in [-0.39, 0.29) is 29.4 Å². The molecule has 2 atom stereocenters. The normalized spacial score (nSPS) is 22.5. The van der Waals surface area contributed by atoms with Gasteiger partial charge in [0.05, 0.1) is 13.2 Å². The molecule has 1 aliphatic carbocycles. The third-order valence-electron chi connectivity index (χ3n) is 3.91. The first-order valence-corrected chi connectivity index (χ1v) is 6.77. The molecule has 20 heavy (non-hydrogen) atoms. The van der Waals surface area contributed by atoms with E-state index in [1.165, 1.54) is 23.7 Å². The number of nitro groups is 1. The highest BCUT2D eigenvalue weighted by Gasteiger charge is 2.25. The molecule has 1 amide bonds. The molecule has 0 aromatic carbocycles. The summed E-state index contributed by atoms with van der Waals surface area (Å²) in [5.41, 5.74) is 0.252. The third kappa shape index (κ3) is 2.98. The lowest BCUT2D eigenvalue weighted by Crippen LogP contribution is -2.37. The quantitative estimate of drug-likeness (QED) is 0.640. The number of nitrogens with zero attached hydrogens (tertiary/aromatic N) is 2. The maximum atomic E-state index is 12.0. The highest BCUT2D eigenvalue weighted by molar-refractivity contribution is 5.93. The largest absolute Gasteiger partial charge is 0.393 e. The molecule has 2 N–H and O–H groups in total. The Morgan fingerprint density at radius 1 is 1.50 bits per heavy atom. The summed E-state index contributed by atoms with van der Waals surface area (Å²) in [6, 6.07) is 2.75. The lowest BCUT2D eigenvalue weighted by Gasteiger charge is -2.27. The molecule has 2 unspecified atom stereocenters. The second-order valence-electron chi connectivity index (χ2n) is 5.21. The lowest BCUT2D eigenvalue weighted by atomic mass is 9.86. The van der Waals surface area contributed by atoms with Gasteiger partial charge < -0.3 is 20.5 Å². The number of aliphatic hydroxyl groups is 1. The Labute approximate surface area is 116 Å². The zero-order chi connectivity index (χ0) is 14.7. The number of aliphatic hydroxyl groups excluding tert-OH is 1. The summed E-state index contributed by atoms with van der Waals surface area (Å²) in [6.07, 6.45) is 3.39. The average Bonchev–Trinajstić information content (AvgIpc) is 2.79. The van der Waals surface area contributed by atoms with Crippen molar-refractivity contribution in [3.05, 3.63) is 27.9 Å². The molecule has 110 valence electrons. The Balaban J connectivity index is 1.96. The van der Waals surface area contributed by atoms with E-state index in [0.717, 1.165) is 25.7 Å². The van der Waals surface area contributed by atoms with Crippen LogP contribution in [0.15, 0.2) is 12.1 Å². The van der Waals surface area contributed by atoms with Gasteiger partial charge in [-0.3, -0.25) is 4.79 Å². The van der Waals surface area contributed by atoms with Crippen LogP contribution in [0, 0.1) is 16.0 Å². The highest BCUT2D eigenvalue weighted by atomic mass is 16.6. The van der Waals surface area contributed by atoms with Crippen molar-refractivity contribution < 1.29 is 14.8 Å². The second-order valence-corrected chi connectivity index (χ2v) is 5.21. The Morgan fingerprint density at radius 3 is 2.80 bits per heavy atom. The number of hydrogen-bond donors (Lipinski definition) is 2. The Bertz CT molecular complexity index is 512. The first-order valence-electron chi connectivity index (χ1n) is 6.77. The van der Waals surface area contributed by atoms with Crippen LogP contribution in [0.3, 0.4) is 0 Å². The fourth-order valence-electron chi connectivity index (χ4n) is 2.65. The summed E-state index contributed by atoms with van der Waals surface area (Å²) >= 11 is 0. The van der Waals surface area contributed by atoms with Gasteiger partial charge in [-0.1, -0.05) is 12.8 Å². The molecule has 0 radical (unpaired) electrons. The molecule has 1 aromatic rings. The van der Waals surface area contributed by atoms with E-state index in [0.29, 0.717) is 6.54 Å². The molecule has 7 nitrogen and oxygen atoms in total. The van der Waals surface area contributed by atoms with Crippen LogP contribution < -0.4 is 5.32 Å². The Hall–Kier alpha value is -1.89. The third-order valence-corrected chi connectivity index (χ3v) is 3.91. The predicted molar refractivity (Wildman–Crippen MR) is 72.4 cm³/mol. The van der Waals surface area contributed by atoms with E-state index in [1.807, 2.05) is 0 Å². The van der Waals surface area contributed by atoms with Crippen molar-refractivity contribution in [2.24, 2.45) is 13.0 Å². The standard InChI is InChI=1S/C13H19N3O4/c1-15-10(6-7-12(15)16(19)20)13(18)14-8-9-4-2-3-5-11(9)17/h6-7,9,11,17H,2-5,8H2,1H3,(H,14,18). The summed E-state index contributed by atoms with van der Waals surface area (Å²) in [5.74, 6) is -0.394. The van der Waals surface area contributed by atoms with Crippen molar-refractivity contribution in [1.29, 1.82) is 0 Å². The summed E-state index contributed by atoms with van der Waals surface area (Å²) in [6.45, 7) is 0.402. The fraction of sp³-hybridized carbons (Fsp3) is 0.615. The Morgan fingerprint density at radius 2 is 2.20 bits per heavy atom. The molecular formula is C13H19N3O4. The van der Waals surface area contributed by atoms with Crippen molar-refractivity contribution in [2.45, 2.75) is 31.8 Å². The number of rotatable bonds is 4. The minimum absolute atomic E-state index is 0.0722. The molecular weight excluding hydrogens is 262 g/mol. The van der Waals surface area contributed by atoms with Crippen LogP contribution in [-0.2, 0) is 7.05 Å². The zero-order valence-electron chi connectivity index (χ0n) is 11.4. The molecule has 0 aliphatic heterocycles. The van der Waals surface area contributed by atoms with Crippen LogP contribution in [-0.4, -0.2) is 33.2 Å². The van der Waals surface area contributed by atoms with Gasteiger partial charge in [0.2, 0.25) is 0 Å². The fourth-order valence-corrected chi connectivity index (χ4v) is 2.65. The van der Waals surface area contributed by atoms with Gasteiger partial charge in [-0.2, -0.15) is 0 Å². The number of aromatic nitrogens is 1. The maximum Gasteiger partial charge on any atom is 0.323 e. The highest BCUT2D eigenvalue weighted by Crippen LogP contribution is 2.23. The average molecular weight is 281 g/mol. The molecule has 1 fully saturated rings. The molecule has 0 spiro atoms. The zero-order valence-corrected chi connectivity index (χ0v) is 11.4. The monoisotopic (exact) mass is 281 g/mol. The molecule has 1 aliphatic rings. The smallest absolute Gasteiger partial charge is 0.323 e. The van der Waals surface area contributed by atoms with Crippen LogP contribution in [0.25, 0.3) is 0 Å². The first-order chi connectivity index (χ1) is 9.50. The van der Waals surface area contributed by atoms with Crippen molar-refractivity contribution in [1.82, 2.24) is 9.88 Å². The van der Waals surface area contributed by atoms with Crippen LogP contribution in [0.2, 0.25) is 0 Å². The van der Waals surface area contributed by atoms with Crippen molar-refractivity contribution >= 4 is 11.7 Å². The molecule has 0 saturated heterocycles. The van der Waals surface area contributed by atoms with Crippen LogP contribution in [0.5, 0.6) is 0 Å². The van der Waals surface area contributed by atoms with Crippen LogP contribution in [0.4, 0.5) is 5.82 Å². The maximum absolute atomic E-state index is 12.0. The molecule has 2 rings (SSSR count). The Kier molecular flexibility index (Phi) is 4.39. The van der Waals surface area contributed by atoms with Gasteiger partial charge in [0, 0.05) is 18.5 Å². The lowest BCUT2D eigenvalue weighted by molar-refractivity contribution is -0.391. The predicted octanol–water partition coefficient (Wildman–Crippen LogP) is 1.21. The summed E-state index contributed by atoms with van der Waals surface area (Å²) < 4.78 is 1.26. The van der Waals surface area contributed by atoms with Gasteiger partial charge in [-0.15, -0.1) is 0 Å². The van der Waals surface area contributed by atoms with E-state index >= 15 is 0 Å². The number of carbonyl (C=O) groups excluding carboxylic acids is 1. The minimum Gasteiger partial charge on any atom is -0.393 e. The van der Waals surface area contributed by atoms with Gasteiger partial charge in [0.15, 0.2) is 5.69 Å². The van der Waals surface area contributed by atoms with E-state index in [2.05, 4.69) is 5.32 Å². The van der Waals surface area contributed by atoms with Crippen molar-refractivity contribution in [2.75, 3.05) is 6.54 Å². The number of carbonyl (C=O) groups is 1. The number of nitrogens with one attached hydrogen (secondary N) is 1. The van der Waals surface area contributed by atoms with E-state index < -0.39 is 4.92 Å². The first kappa shape index (κ1) is 14.5. The molecule has 7 heteroatoms. The molecule has 1 saturated carbocycles. The van der Waals surface area contributed by atoms with Crippen molar-refractivity contribution in [3.63, 3.8) is 0 Å². The van der Waals surface area contributed by atoms with Gasteiger partial charge in [-0.05, 0) is 23.8 Å².